The van der Waals surface area contributed by atoms with Gasteiger partial charge in [0.05, 0.1) is 12.7 Å². The lowest BCUT2D eigenvalue weighted by Crippen LogP contribution is -2.13. The topological polar surface area (TPSA) is 59.3 Å². The van der Waals surface area contributed by atoms with Crippen molar-refractivity contribution < 1.29 is 14.3 Å². The number of carbonyl (C=O) groups excluding carboxylic acids is 1. The first-order chi connectivity index (χ1) is 6.11. The van der Waals surface area contributed by atoms with Gasteiger partial charge in [-0.25, -0.2) is 4.79 Å². The van der Waals surface area contributed by atoms with Crippen LogP contribution in [0.15, 0.2) is 11.8 Å². The molecule has 0 rings (SSSR count). The minimum atomic E-state index is -0.647. The SMILES string of the molecule is CCO/C=C(/C#N)C(=O)OC(C)C. The van der Waals surface area contributed by atoms with E-state index in [4.69, 9.17) is 14.7 Å². The molecule has 4 heteroatoms. The third-order valence-electron chi connectivity index (χ3n) is 1.05. The minimum absolute atomic E-state index is 0.115. The average Bonchev–Trinajstić information content (AvgIpc) is 2.04. The minimum Gasteiger partial charge on any atom is -0.500 e. The van der Waals surface area contributed by atoms with E-state index in [1.807, 2.05) is 0 Å². The van der Waals surface area contributed by atoms with Crippen molar-refractivity contribution in [3.63, 3.8) is 0 Å². The van der Waals surface area contributed by atoms with E-state index in [1.165, 1.54) is 0 Å². The Morgan fingerprint density at radius 3 is 2.62 bits per heavy atom. The molecular weight excluding hydrogens is 170 g/mol. The predicted molar refractivity (Wildman–Crippen MR) is 46.6 cm³/mol. The molecule has 4 nitrogen and oxygen atoms in total. The van der Waals surface area contributed by atoms with Crippen molar-refractivity contribution in [3.8, 4) is 6.07 Å². The number of nitrogens with zero attached hydrogens (tertiary/aromatic N) is 1. The molecule has 0 radical (unpaired) electrons. The Morgan fingerprint density at radius 2 is 2.23 bits per heavy atom. The van der Waals surface area contributed by atoms with Gasteiger partial charge in [-0.15, -0.1) is 0 Å². The second-order valence-electron chi connectivity index (χ2n) is 2.55. The van der Waals surface area contributed by atoms with E-state index >= 15 is 0 Å². The lowest BCUT2D eigenvalue weighted by Gasteiger charge is -2.06. The zero-order valence-electron chi connectivity index (χ0n) is 8.03. The number of nitriles is 1. The van der Waals surface area contributed by atoms with Gasteiger partial charge in [-0.05, 0) is 20.8 Å². The van der Waals surface area contributed by atoms with Gasteiger partial charge in [0.25, 0.3) is 0 Å². The maximum atomic E-state index is 11.1. The van der Waals surface area contributed by atoms with Crippen LogP contribution in [0.4, 0.5) is 0 Å². The van der Waals surface area contributed by atoms with E-state index in [1.54, 1.807) is 26.8 Å². The van der Waals surface area contributed by atoms with E-state index < -0.39 is 5.97 Å². The number of esters is 1. The van der Waals surface area contributed by atoms with Crippen LogP contribution < -0.4 is 0 Å². The van der Waals surface area contributed by atoms with Crippen LogP contribution in [0, 0.1) is 11.3 Å². The number of ether oxygens (including phenoxy) is 2. The van der Waals surface area contributed by atoms with Gasteiger partial charge in [0.1, 0.15) is 12.3 Å². The first-order valence-electron chi connectivity index (χ1n) is 4.04. The Labute approximate surface area is 77.8 Å². The summed E-state index contributed by atoms with van der Waals surface area (Å²) in [4.78, 5) is 11.1. The van der Waals surface area contributed by atoms with Gasteiger partial charge in [-0.3, -0.25) is 0 Å². The number of rotatable bonds is 4. The Hall–Kier alpha value is -1.50. The van der Waals surface area contributed by atoms with Gasteiger partial charge in [0, 0.05) is 0 Å². The summed E-state index contributed by atoms with van der Waals surface area (Å²) in [6, 6.07) is 1.70. The van der Waals surface area contributed by atoms with E-state index in [2.05, 4.69) is 0 Å². The lowest BCUT2D eigenvalue weighted by atomic mass is 10.3. The molecule has 0 aromatic carbocycles. The Bertz CT molecular complexity index is 238. The molecule has 0 saturated carbocycles. The summed E-state index contributed by atoms with van der Waals surface area (Å²) in [7, 11) is 0. The van der Waals surface area contributed by atoms with Gasteiger partial charge >= 0.3 is 5.97 Å². The smallest absolute Gasteiger partial charge is 0.352 e. The maximum Gasteiger partial charge on any atom is 0.352 e. The van der Waals surface area contributed by atoms with Crippen molar-refractivity contribution in [2.45, 2.75) is 26.9 Å². The highest BCUT2D eigenvalue weighted by molar-refractivity contribution is 5.92. The first kappa shape index (κ1) is 11.5. The van der Waals surface area contributed by atoms with Crippen LogP contribution in [0.25, 0.3) is 0 Å². The largest absolute Gasteiger partial charge is 0.500 e. The molecule has 0 amide bonds. The summed E-state index contributed by atoms with van der Waals surface area (Å²) in [6.45, 7) is 5.61. The highest BCUT2D eigenvalue weighted by Crippen LogP contribution is 2.00. The molecule has 0 spiro atoms. The normalized spacial score (nSPS) is 10.8. The lowest BCUT2D eigenvalue weighted by molar-refractivity contribution is -0.142. The fraction of sp³-hybridized carbons (Fsp3) is 0.556. The van der Waals surface area contributed by atoms with E-state index in [0.29, 0.717) is 6.61 Å². The second kappa shape index (κ2) is 6.06. The molecule has 0 saturated heterocycles. The summed E-state index contributed by atoms with van der Waals surface area (Å²) in [5.41, 5.74) is -0.115. The van der Waals surface area contributed by atoms with E-state index in [-0.39, 0.29) is 11.7 Å². The predicted octanol–water partition coefficient (Wildman–Crippen LogP) is 1.38. The van der Waals surface area contributed by atoms with Gasteiger partial charge in [0.2, 0.25) is 0 Å². The molecule has 0 aliphatic heterocycles. The quantitative estimate of drug-likeness (QED) is 0.286. The molecule has 72 valence electrons. The third-order valence-corrected chi connectivity index (χ3v) is 1.05. The van der Waals surface area contributed by atoms with Gasteiger partial charge in [0.15, 0.2) is 5.57 Å². The highest BCUT2D eigenvalue weighted by atomic mass is 16.5. The highest BCUT2D eigenvalue weighted by Gasteiger charge is 2.12. The van der Waals surface area contributed by atoms with Crippen LogP contribution in [-0.2, 0) is 14.3 Å². The molecule has 0 aliphatic carbocycles. The molecule has 0 heterocycles. The number of hydrogen-bond donors (Lipinski definition) is 0. The summed E-state index contributed by atoms with van der Waals surface area (Å²) < 4.78 is 9.59. The molecule has 0 aromatic heterocycles. The summed E-state index contributed by atoms with van der Waals surface area (Å²) in [5, 5.41) is 8.54. The van der Waals surface area contributed by atoms with Crippen LogP contribution in [-0.4, -0.2) is 18.7 Å². The van der Waals surface area contributed by atoms with Crippen molar-refractivity contribution in [3.05, 3.63) is 11.8 Å². The Morgan fingerprint density at radius 1 is 1.62 bits per heavy atom. The zero-order valence-corrected chi connectivity index (χ0v) is 8.03. The zero-order chi connectivity index (χ0) is 10.3. The summed E-state index contributed by atoms with van der Waals surface area (Å²) in [6.07, 6.45) is 0.885. The van der Waals surface area contributed by atoms with Crippen LogP contribution >= 0.6 is 0 Å². The molecule has 0 aliphatic rings. The van der Waals surface area contributed by atoms with Gasteiger partial charge in [-0.2, -0.15) is 5.26 Å². The third kappa shape index (κ3) is 4.86. The molecule has 0 aromatic rings. The molecule has 0 N–H and O–H groups in total. The summed E-state index contributed by atoms with van der Waals surface area (Å²) >= 11 is 0. The van der Waals surface area contributed by atoms with Crippen LogP contribution in [0.5, 0.6) is 0 Å². The van der Waals surface area contributed by atoms with Crippen LogP contribution in [0.3, 0.4) is 0 Å². The fourth-order valence-electron chi connectivity index (χ4n) is 0.564. The van der Waals surface area contributed by atoms with Crippen molar-refractivity contribution in [2.75, 3.05) is 6.61 Å². The van der Waals surface area contributed by atoms with Crippen molar-refractivity contribution >= 4 is 5.97 Å². The first-order valence-corrected chi connectivity index (χ1v) is 4.04. The van der Waals surface area contributed by atoms with Crippen molar-refractivity contribution in [1.82, 2.24) is 0 Å². The molecule has 0 bridgehead atoms. The molecule has 0 fully saturated rings. The molecule has 0 atom stereocenters. The maximum absolute atomic E-state index is 11.1. The van der Waals surface area contributed by atoms with Crippen molar-refractivity contribution in [2.24, 2.45) is 0 Å². The van der Waals surface area contributed by atoms with Crippen molar-refractivity contribution in [1.29, 1.82) is 5.26 Å². The van der Waals surface area contributed by atoms with Gasteiger partial charge < -0.3 is 9.47 Å². The number of carbonyl (C=O) groups is 1. The Balaban J connectivity index is 4.26. The average molecular weight is 183 g/mol. The summed E-state index contributed by atoms with van der Waals surface area (Å²) in [5.74, 6) is -0.647. The van der Waals surface area contributed by atoms with Crippen LogP contribution in [0.1, 0.15) is 20.8 Å². The van der Waals surface area contributed by atoms with Crippen LogP contribution in [0.2, 0.25) is 0 Å². The molecule has 13 heavy (non-hydrogen) atoms. The molecular formula is C9H13NO3. The molecule has 0 unspecified atom stereocenters. The fourth-order valence-corrected chi connectivity index (χ4v) is 0.564. The van der Waals surface area contributed by atoms with Gasteiger partial charge in [-0.1, -0.05) is 0 Å². The standard InChI is InChI=1S/C9H13NO3/c1-4-12-6-8(5-10)9(11)13-7(2)3/h6-7H,4H2,1-3H3/b8-6-. The number of hydrogen-bond acceptors (Lipinski definition) is 4. The second-order valence-corrected chi connectivity index (χ2v) is 2.55. The van der Waals surface area contributed by atoms with E-state index in [9.17, 15) is 4.79 Å². The van der Waals surface area contributed by atoms with E-state index in [0.717, 1.165) is 6.26 Å². The Kier molecular flexibility index (Phi) is 5.37. The monoisotopic (exact) mass is 183 g/mol.